The number of sulfonamides is 1. The maximum atomic E-state index is 13.1. The number of benzene rings is 2. The highest BCUT2D eigenvalue weighted by atomic mass is 32.2. The first-order valence-electron chi connectivity index (χ1n) is 9.68. The summed E-state index contributed by atoms with van der Waals surface area (Å²) in [5.41, 5.74) is 0.653. The van der Waals surface area contributed by atoms with E-state index in [1.54, 1.807) is 31.4 Å². The molecule has 0 spiro atoms. The van der Waals surface area contributed by atoms with Crippen molar-refractivity contribution in [3.05, 3.63) is 54.3 Å². The van der Waals surface area contributed by atoms with E-state index >= 15 is 0 Å². The molecule has 0 atom stereocenters. The molecule has 2 aromatic carbocycles. The topological polar surface area (TPSA) is 84.9 Å². The van der Waals surface area contributed by atoms with Gasteiger partial charge < -0.3 is 14.8 Å². The predicted octanol–water partition coefficient (Wildman–Crippen LogP) is 2.89. The molecule has 0 unspecified atom stereocenters. The molecule has 1 heterocycles. The van der Waals surface area contributed by atoms with Crippen LogP contribution in [0.3, 0.4) is 0 Å². The molecule has 0 saturated carbocycles. The lowest BCUT2D eigenvalue weighted by Gasteiger charge is -2.30. The fourth-order valence-electron chi connectivity index (χ4n) is 3.24. The second kappa shape index (κ2) is 10.0. The van der Waals surface area contributed by atoms with E-state index in [2.05, 4.69) is 5.32 Å². The van der Waals surface area contributed by atoms with Crippen LogP contribution < -0.4 is 10.1 Å². The van der Waals surface area contributed by atoms with Crippen molar-refractivity contribution in [3.8, 4) is 5.75 Å². The molecule has 0 bridgehead atoms. The van der Waals surface area contributed by atoms with Crippen molar-refractivity contribution in [2.24, 2.45) is 5.92 Å². The SMILES string of the molecule is COCCOc1ccc(NC(=O)C2CCN(S(=O)(=O)c3ccc(F)cc3)CC2)cc1. The summed E-state index contributed by atoms with van der Waals surface area (Å²) in [6.07, 6.45) is 0.842. The first-order chi connectivity index (χ1) is 14.4. The van der Waals surface area contributed by atoms with E-state index < -0.39 is 15.8 Å². The number of nitrogens with one attached hydrogen (secondary N) is 1. The zero-order chi connectivity index (χ0) is 21.6. The minimum Gasteiger partial charge on any atom is -0.491 e. The number of carbonyl (C=O) groups is 1. The maximum absolute atomic E-state index is 13.1. The van der Waals surface area contributed by atoms with Crippen LogP contribution in [0.15, 0.2) is 53.4 Å². The van der Waals surface area contributed by atoms with Gasteiger partial charge in [0, 0.05) is 31.8 Å². The Bertz CT molecular complexity index is 940. The lowest BCUT2D eigenvalue weighted by molar-refractivity contribution is -0.120. The van der Waals surface area contributed by atoms with E-state index in [1.165, 1.54) is 16.4 Å². The molecule has 1 amide bonds. The van der Waals surface area contributed by atoms with Crippen LogP contribution in [-0.4, -0.2) is 52.0 Å². The number of hydrogen-bond donors (Lipinski definition) is 1. The molecule has 9 heteroatoms. The third-order valence-corrected chi connectivity index (χ3v) is 6.87. The summed E-state index contributed by atoms with van der Waals surface area (Å²) in [7, 11) is -2.09. The number of rotatable bonds is 8. The summed E-state index contributed by atoms with van der Waals surface area (Å²) in [6.45, 7) is 1.42. The van der Waals surface area contributed by atoms with E-state index in [0.29, 0.717) is 37.5 Å². The fourth-order valence-corrected chi connectivity index (χ4v) is 4.71. The molecule has 3 rings (SSSR count). The van der Waals surface area contributed by atoms with Crippen molar-refractivity contribution in [2.75, 3.05) is 38.7 Å². The van der Waals surface area contributed by atoms with E-state index in [1.807, 2.05) is 0 Å². The number of nitrogens with zero attached hydrogens (tertiary/aromatic N) is 1. The number of anilines is 1. The Hall–Kier alpha value is -2.49. The Kier molecular flexibility index (Phi) is 7.41. The summed E-state index contributed by atoms with van der Waals surface area (Å²) in [6, 6.07) is 11.8. The average Bonchev–Trinajstić information content (AvgIpc) is 2.75. The molecule has 0 aliphatic carbocycles. The minimum absolute atomic E-state index is 0.0552. The summed E-state index contributed by atoms with van der Waals surface area (Å²) in [4.78, 5) is 12.6. The molecule has 30 heavy (non-hydrogen) atoms. The molecule has 7 nitrogen and oxygen atoms in total. The lowest BCUT2D eigenvalue weighted by Crippen LogP contribution is -2.41. The van der Waals surface area contributed by atoms with Gasteiger partial charge in [-0.1, -0.05) is 0 Å². The van der Waals surface area contributed by atoms with Crippen molar-refractivity contribution in [1.29, 1.82) is 0 Å². The van der Waals surface area contributed by atoms with Crippen LogP contribution in [0.2, 0.25) is 0 Å². The second-order valence-electron chi connectivity index (χ2n) is 6.99. The fraction of sp³-hybridized carbons (Fsp3) is 0.381. The molecule has 162 valence electrons. The maximum Gasteiger partial charge on any atom is 0.243 e. The number of hydrogen-bond acceptors (Lipinski definition) is 5. The van der Waals surface area contributed by atoms with Crippen molar-refractivity contribution in [3.63, 3.8) is 0 Å². The summed E-state index contributed by atoms with van der Waals surface area (Å²) in [5.74, 6) is -0.215. The van der Waals surface area contributed by atoms with Gasteiger partial charge in [-0.15, -0.1) is 0 Å². The van der Waals surface area contributed by atoms with Gasteiger partial charge in [-0.3, -0.25) is 4.79 Å². The van der Waals surface area contributed by atoms with Gasteiger partial charge in [-0.2, -0.15) is 4.31 Å². The zero-order valence-corrected chi connectivity index (χ0v) is 17.5. The minimum atomic E-state index is -3.69. The molecular weight excluding hydrogens is 411 g/mol. The summed E-state index contributed by atoms with van der Waals surface area (Å²) >= 11 is 0. The van der Waals surface area contributed by atoms with Gasteiger partial charge in [-0.05, 0) is 61.4 Å². The van der Waals surface area contributed by atoms with E-state index in [-0.39, 0.29) is 29.8 Å². The van der Waals surface area contributed by atoms with Crippen LogP contribution >= 0.6 is 0 Å². The smallest absolute Gasteiger partial charge is 0.243 e. The standard InChI is InChI=1S/C21H25FN2O5S/c1-28-14-15-29-19-6-4-18(5-7-19)23-21(25)16-10-12-24(13-11-16)30(26,27)20-8-2-17(22)3-9-20/h2-9,16H,10-15H2,1H3,(H,23,25). The molecule has 1 saturated heterocycles. The van der Waals surface area contributed by atoms with Crippen LogP contribution in [0.25, 0.3) is 0 Å². The van der Waals surface area contributed by atoms with E-state index in [4.69, 9.17) is 9.47 Å². The number of halogens is 1. The van der Waals surface area contributed by atoms with Gasteiger partial charge in [-0.25, -0.2) is 12.8 Å². The Morgan fingerprint density at radius 2 is 1.70 bits per heavy atom. The molecule has 1 aliphatic heterocycles. The van der Waals surface area contributed by atoms with Crippen molar-refractivity contribution >= 4 is 21.6 Å². The quantitative estimate of drug-likeness (QED) is 0.644. The van der Waals surface area contributed by atoms with Crippen LogP contribution in [0.1, 0.15) is 12.8 Å². The normalized spacial score (nSPS) is 15.7. The van der Waals surface area contributed by atoms with Crippen molar-refractivity contribution in [2.45, 2.75) is 17.7 Å². The largest absolute Gasteiger partial charge is 0.491 e. The molecule has 1 aliphatic rings. The summed E-state index contributed by atoms with van der Waals surface area (Å²) < 4.78 is 50.2. The molecule has 0 radical (unpaired) electrons. The zero-order valence-electron chi connectivity index (χ0n) is 16.7. The number of carbonyl (C=O) groups excluding carboxylic acids is 1. The first-order valence-corrected chi connectivity index (χ1v) is 11.1. The Labute approximate surface area is 175 Å². The van der Waals surface area contributed by atoms with Crippen LogP contribution in [-0.2, 0) is 19.6 Å². The first kappa shape index (κ1) is 22.2. The third kappa shape index (κ3) is 5.56. The number of piperidine rings is 1. The van der Waals surface area contributed by atoms with Crippen LogP contribution in [0, 0.1) is 11.7 Å². The van der Waals surface area contributed by atoms with E-state index in [9.17, 15) is 17.6 Å². The molecular formula is C21H25FN2O5S. The third-order valence-electron chi connectivity index (χ3n) is 4.95. The van der Waals surface area contributed by atoms with Crippen LogP contribution in [0.5, 0.6) is 5.75 Å². The average molecular weight is 437 g/mol. The highest BCUT2D eigenvalue weighted by Crippen LogP contribution is 2.25. The van der Waals surface area contributed by atoms with Crippen molar-refractivity contribution < 1.29 is 27.1 Å². The van der Waals surface area contributed by atoms with Gasteiger partial charge >= 0.3 is 0 Å². The van der Waals surface area contributed by atoms with Gasteiger partial charge in [0.1, 0.15) is 18.2 Å². The Morgan fingerprint density at radius 1 is 1.07 bits per heavy atom. The number of ether oxygens (including phenoxy) is 2. The predicted molar refractivity (Wildman–Crippen MR) is 110 cm³/mol. The second-order valence-corrected chi connectivity index (χ2v) is 8.93. The van der Waals surface area contributed by atoms with E-state index in [0.717, 1.165) is 12.1 Å². The molecule has 1 N–H and O–H groups in total. The number of methoxy groups -OCH3 is 1. The van der Waals surface area contributed by atoms with Gasteiger partial charge in [0.15, 0.2) is 0 Å². The Morgan fingerprint density at radius 3 is 2.30 bits per heavy atom. The highest BCUT2D eigenvalue weighted by Gasteiger charge is 2.32. The monoisotopic (exact) mass is 436 g/mol. The summed E-state index contributed by atoms with van der Waals surface area (Å²) in [5, 5.41) is 2.87. The molecule has 1 fully saturated rings. The van der Waals surface area contributed by atoms with Gasteiger partial charge in [0.25, 0.3) is 0 Å². The molecule has 0 aromatic heterocycles. The van der Waals surface area contributed by atoms with Gasteiger partial charge in [0.05, 0.1) is 11.5 Å². The molecule has 2 aromatic rings. The Balaban J connectivity index is 1.52. The van der Waals surface area contributed by atoms with Gasteiger partial charge in [0.2, 0.25) is 15.9 Å². The lowest BCUT2D eigenvalue weighted by atomic mass is 9.97. The highest BCUT2D eigenvalue weighted by molar-refractivity contribution is 7.89. The van der Waals surface area contributed by atoms with Crippen LogP contribution in [0.4, 0.5) is 10.1 Å². The number of amides is 1. The van der Waals surface area contributed by atoms with Crippen molar-refractivity contribution in [1.82, 2.24) is 4.31 Å².